The van der Waals surface area contributed by atoms with Gasteiger partial charge in [0.2, 0.25) is 0 Å². The van der Waals surface area contributed by atoms with Crippen molar-refractivity contribution in [3.05, 3.63) is 288 Å². The number of fused-ring (bicyclic) bond motifs is 8. The van der Waals surface area contributed by atoms with Gasteiger partial charge in [-0.3, -0.25) is 4.79 Å². The molecule has 0 N–H and O–H groups in total. The number of rotatable bonds is 7. The van der Waals surface area contributed by atoms with Gasteiger partial charge in [0.05, 0.1) is 22.8 Å². The number of nitrogens with zero attached hydrogens (tertiary/aromatic N) is 4. The molecule has 0 saturated heterocycles. The average molecular weight is 1130 g/mol. The Labute approximate surface area is 489 Å². The fraction of sp³-hybridized carbons (Fsp3) is 0.0299. The molecule has 7 aromatic rings. The minimum absolute atomic E-state index is 0. The van der Waals surface area contributed by atoms with Crippen LogP contribution in [0.15, 0.2) is 126 Å². The van der Waals surface area contributed by atoms with E-state index in [-0.39, 0.29) is 58.7 Å². The zero-order valence-electron chi connectivity index (χ0n) is 41.8. The van der Waals surface area contributed by atoms with Crippen LogP contribution in [0.5, 0.6) is 0 Å². The minimum Gasteiger partial charge on any atom is -0.657 e. The molecular weight excluding hydrogens is 1090 g/mol. The zero-order valence-corrected chi connectivity index (χ0v) is 47.8. The molecule has 4 aliphatic carbocycles. The maximum atomic E-state index is 12.0. The molecule has 20 radical (unpaired) electrons. The van der Waals surface area contributed by atoms with Crippen LogP contribution in [0.1, 0.15) is 46.4 Å². The fourth-order valence-corrected chi connectivity index (χ4v) is 9.88. The summed E-state index contributed by atoms with van der Waals surface area (Å²) < 4.78 is 0. The quantitative estimate of drug-likeness (QED) is 0.117. The SMILES string of the molecule is CC(=O)Sc1ccc(-c2c3nc(c(-c4ccc([C]5[CH][CH][CH][CH]5)cc4)c4ccc([n-]4)c(-c4ccc(C)cc4)c4nc(c(-c5ccc([C]6[CH][CH][CH][CH]6)cc5)c5ccc2[n-]5)C=C4)C=C3)cc1.[CH]1[CH][CH][CH][CH]1.[CH]1[CH][CH][CH][CH]1.[Fe+2].[Fe+2].[Zn+2]. The van der Waals surface area contributed by atoms with Crippen molar-refractivity contribution in [2.24, 2.45) is 0 Å². The van der Waals surface area contributed by atoms with Crippen LogP contribution in [0.3, 0.4) is 0 Å². The van der Waals surface area contributed by atoms with Gasteiger partial charge in [0, 0.05) is 23.7 Å². The first-order valence-electron chi connectivity index (χ1n) is 24.3. The second-order valence-electron chi connectivity index (χ2n) is 17.8. The van der Waals surface area contributed by atoms with Crippen LogP contribution in [-0.4, -0.2) is 15.1 Å². The van der Waals surface area contributed by atoms with E-state index >= 15 is 0 Å². The number of carbonyl (C=O) groups excluding carboxylic acids is 1. The van der Waals surface area contributed by atoms with E-state index in [1.54, 1.807) is 6.92 Å². The number of aryl methyl sites for hydroxylation is 1. The Bertz CT molecular complexity index is 3220. The topological polar surface area (TPSA) is 71.1 Å². The summed E-state index contributed by atoms with van der Waals surface area (Å²) in [7, 11) is 0. The summed E-state index contributed by atoms with van der Waals surface area (Å²) in [5, 5.41) is 0.0404. The van der Waals surface area contributed by atoms with Gasteiger partial charge in [-0.2, -0.15) is 0 Å². The summed E-state index contributed by atoms with van der Waals surface area (Å²) in [6.07, 6.45) is 45.2. The van der Waals surface area contributed by atoms with Crippen molar-refractivity contribution >= 4 is 63.2 Å². The third-order valence-corrected chi connectivity index (χ3v) is 13.6. The number of benzene rings is 4. The molecule has 0 atom stereocenters. The van der Waals surface area contributed by atoms with Crippen LogP contribution in [0.4, 0.5) is 0 Å². The Balaban J connectivity index is 0.000000531. The number of aromatic nitrogens is 4. The van der Waals surface area contributed by atoms with Crippen molar-refractivity contribution in [2.45, 2.75) is 18.7 Å². The molecule has 13 rings (SSSR count). The number of hydrogen-bond acceptors (Lipinski definition) is 4. The zero-order chi connectivity index (χ0) is 49.5. The Hall–Kier alpha value is -4.84. The molecular formula is C67H48Fe2N4OSZn+4. The molecule has 5 heterocycles. The molecule has 4 fully saturated rings. The van der Waals surface area contributed by atoms with Gasteiger partial charge in [0.1, 0.15) is 0 Å². The van der Waals surface area contributed by atoms with Gasteiger partial charge in [-0.25, -0.2) is 9.97 Å². The van der Waals surface area contributed by atoms with Gasteiger partial charge in [-0.05, 0) is 215 Å². The van der Waals surface area contributed by atoms with Crippen molar-refractivity contribution in [3.8, 4) is 44.5 Å². The first kappa shape index (κ1) is 57.3. The Kier molecular flexibility index (Phi) is 20.5. The van der Waals surface area contributed by atoms with Crippen molar-refractivity contribution in [2.75, 3.05) is 0 Å². The number of hydrogen-bond donors (Lipinski definition) is 0. The van der Waals surface area contributed by atoms with E-state index in [0.717, 1.165) is 105 Å². The summed E-state index contributed by atoms with van der Waals surface area (Å²) in [5.74, 6) is 2.35. The molecule has 3 aromatic heterocycles. The first-order chi connectivity index (χ1) is 35.9. The van der Waals surface area contributed by atoms with Gasteiger partial charge in [-0.1, -0.05) is 127 Å². The second-order valence-corrected chi connectivity index (χ2v) is 19.0. The van der Waals surface area contributed by atoms with E-state index in [1.165, 1.54) is 29.2 Å². The fourth-order valence-electron chi connectivity index (χ4n) is 9.28. The van der Waals surface area contributed by atoms with E-state index in [2.05, 4.69) is 192 Å². The van der Waals surface area contributed by atoms with E-state index in [0.29, 0.717) is 0 Å². The van der Waals surface area contributed by atoms with Gasteiger partial charge < -0.3 is 9.97 Å². The summed E-state index contributed by atoms with van der Waals surface area (Å²) in [6, 6.07) is 42.4. The summed E-state index contributed by atoms with van der Waals surface area (Å²) in [6.45, 7) is 3.69. The van der Waals surface area contributed by atoms with Crippen molar-refractivity contribution in [1.82, 2.24) is 19.9 Å². The summed E-state index contributed by atoms with van der Waals surface area (Å²) >= 11 is 1.22. The molecule has 4 aromatic carbocycles. The van der Waals surface area contributed by atoms with E-state index in [1.807, 2.05) is 76.3 Å². The van der Waals surface area contributed by atoms with Crippen LogP contribution >= 0.6 is 11.8 Å². The van der Waals surface area contributed by atoms with Crippen LogP contribution < -0.4 is 9.97 Å². The van der Waals surface area contributed by atoms with E-state index in [4.69, 9.17) is 19.9 Å². The monoisotopic (exact) mass is 1130 g/mol. The van der Waals surface area contributed by atoms with Gasteiger partial charge in [0.15, 0.2) is 5.12 Å². The Morgan fingerprint density at radius 2 is 0.632 bits per heavy atom. The van der Waals surface area contributed by atoms with Crippen LogP contribution in [0, 0.1) is 134 Å². The Morgan fingerprint density at radius 3 is 0.921 bits per heavy atom. The smallest absolute Gasteiger partial charge is 0.657 e. The molecule has 4 saturated carbocycles. The Morgan fingerprint density at radius 1 is 0.368 bits per heavy atom. The minimum atomic E-state index is 0. The predicted octanol–water partition coefficient (Wildman–Crippen LogP) is 15.1. The van der Waals surface area contributed by atoms with E-state index in [9.17, 15) is 4.79 Å². The van der Waals surface area contributed by atoms with Crippen LogP contribution in [-0.2, 0) is 58.4 Å². The van der Waals surface area contributed by atoms with Gasteiger partial charge in [-0.15, -0.1) is 22.1 Å². The van der Waals surface area contributed by atoms with Crippen molar-refractivity contribution in [1.29, 1.82) is 0 Å². The third kappa shape index (κ3) is 13.3. The molecule has 2 aliphatic heterocycles. The molecule has 6 aliphatic rings. The van der Waals surface area contributed by atoms with E-state index < -0.39 is 0 Å². The molecule has 0 spiro atoms. The first-order valence-corrected chi connectivity index (χ1v) is 25.1. The molecule has 5 nitrogen and oxygen atoms in total. The van der Waals surface area contributed by atoms with Gasteiger partial charge in [0.25, 0.3) is 0 Å². The van der Waals surface area contributed by atoms with Gasteiger partial charge >= 0.3 is 53.6 Å². The standard InChI is InChI=1S/C57H38N4OS.2C5H5.2Fe.Zn/c1-35-11-13-41(14-12-35)54-46-27-29-48(58-46)55(42-19-15-39(16-20-42)37-7-3-4-8-37)50-31-33-52(60-50)57(44-23-25-45(26-24-44)63-36(2)62)53-34-32-51(61-53)56(49-30-28-47(54)59-49)43-21-17-40(18-22-43)38-9-5-6-10-38;2*1-2-4-5-3-1;;;/h3-34H,1-2H3;2*1-5H;;;/q-2;;;3*+2. The molecule has 8 bridgehead atoms. The summed E-state index contributed by atoms with van der Waals surface area (Å²) in [5.41, 5.74) is 17.6. The number of carbonyl (C=O) groups is 1. The number of thioether (sulfide) groups is 1. The normalized spacial score (nSPS) is 15.7. The molecule has 362 valence electrons. The van der Waals surface area contributed by atoms with Crippen LogP contribution in [0.2, 0.25) is 0 Å². The second kappa shape index (κ2) is 27.2. The maximum Gasteiger partial charge on any atom is 2.00 e. The molecule has 0 amide bonds. The molecule has 76 heavy (non-hydrogen) atoms. The van der Waals surface area contributed by atoms with Crippen LogP contribution in [0.25, 0.3) is 90.9 Å². The average Bonchev–Trinajstić information content (AvgIpc) is 4.26. The third-order valence-electron chi connectivity index (χ3n) is 12.8. The largest absolute Gasteiger partial charge is 2.00 e. The molecule has 0 unspecified atom stereocenters. The maximum absolute atomic E-state index is 12.0. The molecule has 9 heteroatoms. The van der Waals surface area contributed by atoms with Crippen molar-refractivity contribution in [3.63, 3.8) is 0 Å². The van der Waals surface area contributed by atoms with Crippen molar-refractivity contribution < 1.29 is 58.4 Å². The summed E-state index contributed by atoms with van der Waals surface area (Å²) in [4.78, 5) is 34.7. The predicted molar refractivity (Wildman–Crippen MR) is 302 cm³/mol.